The molecule has 0 nitrogen and oxygen atoms in total. The average Bonchev–Trinajstić information content (AvgIpc) is 1.96. The van der Waals surface area contributed by atoms with Crippen molar-refractivity contribution in [2.75, 3.05) is 0 Å². The van der Waals surface area contributed by atoms with Crippen molar-refractivity contribution in [3.8, 4) is 0 Å². The smallest absolute Gasteiger partial charge is 0.109 e. The summed E-state index contributed by atoms with van der Waals surface area (Å²) in [5, 5.41) is 0.369. The molecule has 0 aliphatic heterocycles. The molecule has 0 aliphatic carbocycles. The maximum absolute atomic E-state index is 5.99. The Bertz CT molecular complexity index is 114. The molecule has 0 bridgehead atoms. The van der Waals surface area contributed by atoms with E-state index in [2.05, 4.69) is 0 Å². The van der Waals surface area contributed by atoms with E-state index in [1.807, 2.05) is 6.92 Å². The summed E-state index contributed by atoms with van der Waals surface area (Å²) in [5.41, 5.74) is 0. The zero-order valence-electron chi connectivity index (χ0n) is 7.78. The molecule has 0 aromatic carbocycles. The van der Waals surface area contributed by atoms with Crippen LogP contribution in [0.3, 0.4) is 0 Å². The summed E-state index contributed by atoms with van der Waals surface area (Å²) in [6, 6.07) is 0. The highest BCUT2D eigenvalue weighted by Crippen LogP contribution is 2.20. The molecule has 0 heterocycles. The summed E-state index contributed by atoms with van der Waals surface area (Å²) in [7, 11) is 0. The largest absolute Gasteiger partial charge is 0.123 e. The molecule has 2 unspecified atom stereocenters. The monoisotopic (exact) mass is 264 g/mol. The van der Waals surface area contributed by atoms with Gasteiger partial charge in [-0.05, 0) is 26.2 Å². The van der Waals surface area contributed by atoms with Gasteiger partial charge in [-0.2, -0.15) is 0 Å². The third kappa shape index (κ3) is 11.1. The van der Waals surface area contributed by atoms with Crippen LogP contribution in [0.2, 0.25) is 0 Å². The number of alkyl halides is 4. The van der Waals surface area contributed by atoms with Gasteiger partial charge in [-0.3, -0.25) is 0 Å². The summed E-state index contributed by atoms with van der Waals surface area (Å²) < 4.78 is 0. The van der Waals surface area contributed by atoms with Gasteiger partial charge in [0.25, 0.3) is 0 Å². The molecule has 80 valence electrons. The second-order valence-corrected chi connectivity index (χ2v) is 5.93. The predicted octanol–water partition coefficient (Wildman–Crippen LogP) is 4.98. The van der Waals surface area contributed by atoms with E-state index in [1.165, 1.54) is 0 Å². The lowest BCUT2D eigenvalue weighted by Gasteiger charge is -2.09. The predicted molar refractivity (Wildman–Crippen MR) is 63.5 cm³/mol. The SMILES string of the molecule is CC(Cl)CCCCC(Cl)CC(Cl)Cl. The van der Waals surface area contributed by atoms with Crippen LogP contribution in [0.4, 0.5) is 0 Å². The van der Waals surface area contributed by atoms with Crippen molar-refractivity contribution >= 4 is 46.4 Å². The van der Waals surface area contributed by atoms with Crippen LogP contribution < -0.4 is 0 Å². The second-order valence-electron chi connectivity index (χ2n) is 3.29. The van der Waals surface area contributed by atoms with Gasteiger partial charge in [-0.15, -0.1) is 46.4 Å². The van der Waals surface area contributed by atoms with E-state index in [0.29, 0.717) is 6.42 Å². The van der Waals surface area contributed by atoms with Crippen molar-refractivity contribution < 1.29 is 0 Å². The topological polar surface area (TPSA) is 0 Å². The molecule has 0 saturated carbocycles. The second kappa shape index (κ2) is 8.47. The minimum absolute atomic E-state index is 0.102. The fourth-order valence-corrected chi connectivity index (χ4v) is 2.20. The minimum atomic E-state index is -0.338. The molecule has 13 heavy (non-hydrogen) atoms. The Morgan fingerprint density at radius 2 is 1.46 bits per heavy atom. The lowest BCUT2D eigenvalue weighted by Crippen LogP contribution is -2.03. The van der Waals surface area contributed by atoms with Crippen LogP contribution in [-0.2, 0) is 0 Å². The summed E-state index contributed by atoms with van der Waals surface area (Å²) in [6.45, 7) is 2.01. The van der Waals surface area contributed by atoms with Crippen molar-refractivity contribution in [3.63, 3.8) is 0 Å². The first kappa shape index (κ1) is 14.2. The van der Waals surface area contributed by atoms with Crippen LogP contribution in [0, 0.1) is 0 Å². The van der Waals surface area contributed by atoms with E-state index in [0.717, 1.165) is 25.7 Å². The number of halogens is 4. The molecule has 2 atom stereocenters. The summed E-state index contributed by atoms with van der Waals surface area (Å²) in [4.78, 5) is -0.338. The molecule has 0 aliphatic rings. The van der Waals surface area contributed by atoms with E-state index < -0.39 is 0 Å². The first-order chi connectivity index (χ1) is 6.02. The average molecular weight is 266 g/mol. The maximum Gasteiger partial charge on any atom is 0.109 e. The zero-order valence-corrected chi connectivity index (χ0v) is 10.8. The zero-order chi connectivity index (χ0) is 10.3. The van der Waals surface area contributed by atoms with E-state index >= 15 is 0 Å². The van der Waals surface area contributed by atoms with Crippen molar-refractivity contribution in [1.82, 2.24) is 0 Å². The van der Waals surface area contributed by atoms with Crippen molar-refractivity contribution in [2.45, 2.75) is 54.6 Å². The first-order valence-electron chi connectivity index (χ1n) is 4.58. The van der Waals surface area contributed by atoms with Gasteiger partial charge in [0.2, 0.25) is 0 Å². The van der Waals surface area contributed by atoms with Crippen LogP contribution in [0.1, 0.15) is 39.0 Å². The van der Waals surface area contributed by atoms with Crippen LogP contribution in [0.25, 0.3) is 0 Å². The Hall–Kier alpha value is 1.16. The number of hydrogen-bond donors (Lipinski definition) is 0. The van der Waals surface area contributed by atoms with Crippen molar-refractivity contribution in [3.05, 3.63) is 0 Å². The molecule has 4 heteroatoms. The Kier molecular flexibility index (Phi) is 9.22. The first-order valence-corrected chi connectivity index (χ1v) is 6.33. The number of hydrogen-bond acceptors (Lipinski definition) is 0. The van der Waals surface area contributed by atoms with Crippen molar-refractivity contribution in [1.29, 1.82) is 0 Å². The Morgan fingerprint density at radius 3 is 1.92 bits per heavy atom. The molecule has 0 rings (SSSR count). The molecule has 0 fully saturated rings. The van der Waals surface area contributed by atoms with E-state index in [-0.39, 0.29) is 15.6 Å². The summed E-state index contributed by atoms with van der Waals surface area (Å²) in [5.74, 6) is 0. The van der Waals surface area contributed by atoms with Crippen molar-refractivity contribution in [2.24, 2.45) is 0 Å². The van der Waals surface area contributed by atoms with Gasteiger partial charge in [0.05, 0.1) is 0 Å². The number of rotatable bonds is 7. The Labute approximate surface area is 101 Å². The summed E-state index contributed by atoms with van der Waals surface area (Å²) >= 11 is 23.0. The highest BCUT2D eigenvalue weighted by Gasteiger charge is 2.09. The molecule has 0 saturated heterocycles. The molecule has 0 N–H and O–H groups in total. The molecule has 0 radical (unpaired) electrons. The van der Waals surface area contributed by atoms with Gasteiger partial charge in [0.1, 0.15) is 4.84 Å². The van der Waals surface area contributed by atoms with E-state index in [1.54, 1.807) is 0 Å². The van der Waals surface area contributed by atoms with Gasteiger partial charge < -0.3 is 0 Å². The van der Waals surface area contributed by atoms with Crippen LogP contribution in [0.15, 0.2) is 0 Å². The van der Waals surface area contributed by atoms with Gasteiger partial charge in [-0.1, -0.05) is 12.8 Å². The minimum Gasteiger partial charge on any atom is -0.123 e. The van der Waals surface area contributed by atoms with Crippen LogP contribution in [0.5, 0.6) is 0 Å². The fourth-order valence-electron chi connectivity index (χ4n) is 1.10. The Balaban J connectivity index is 3.22. The van der Waals surface area contributed by atoms with Gasteiger partial charge in [0.15, 0.2) is 0 Å². The van der Waals surface area contributed by atoms with E-state index in [9.17, 15) is 0 Å². The molecule has 0 aromatic heterocycles. The lowest BCUT2D eigenvalue weighted by atomic mass is 10.1. The normalized spacial score (nSPS) is 16.2. The van der Waals surface area contributed by atoms with Crippen LogP contribution in [-0.4, -0.2) is 15.6 Å². The van der Waals surface area contributed by atoms with Gasteiger partial charge in [0, 0.05) is 10.8 Å². The number of unbranched alkanes of at least 4 members (excludes halogenated alkanes) is 1. The lowest BCUT2D eigenvalue weighted by molar-refractivity contribution is 0.606. The standard InChI is InChI=1S/C9H16Cl4/c1-7(10)4-2-3-5-8(11)6-9(12)13/h7-9H,2-6H2,1H3. The van der Waals surface area contributed by atoms with Gasteiger partial charge >= 0.3 is 0 Å². The third-order valence-electron chi connectivity index (χ3n) is 1.80. The van der Waals surface area contributed by atoms with E-state index in [4.69, 9.17) is 46.4 Å². The molecule has 0 amide bonds. The third-order valence-corrected chi connectivity index (χ3v) is 2.77. The summed E-state index contributed by atoms with van der Waals surface area (Å²) in [6.07, 6.45) is 4.92. The quantitative estimate of drug-likeness (QED) is 0.450. The Morgan fingerprint density at radius 1 is 0.923 bits per heavy atom. The maximum atomic E-state index is 5.99. The fraction of sp³-hybridized carbons (Fsp3) is 1.00. The van der Waals surface area contributed by atoms with Crippen LogP contribution >= 0.6 is 46.4 Å². The highest BCUT2D eigenvalue weighted by molar-refractivity contribution is 6.44. The molecular weight excluding hydrogens is 250 g/mol. The highest BCUT2D eigenvalue weighted by atomic mass is 35.5. The molecule has 0 aromatic rings. The molecule has 0 spiro atoms. The molecular formula is C9H16Cl4. The van der Waals surface area contributed by atoms with Gasteiger partial charge in [-0.25, -0.2) is 0 Å².